The third-order valence-corrected chi connectivity index (χ3v) is 8.39. The highest BCUT2D eigenvalue weighted by Crippen LogP contribution is 2.40. The molecule has 0 saturated carbocycles. The molecule has 0 saturated heterocycles. The molecule has 2 aromatic heterocycles. The zero-order valence-corrected chi connectivity index (χ0v) is 25.3. The predicted octanol–water partition coefficient (Wildman–Crippen LogP) is 5.01. The lowest BCUT2D eigenvalue weighted by molar-refractivity contribution is -0.139. The third-order valence-electron chi connectivity index (χ3n) is 7.41. The van der Waals surface area contributed by atoms with Crippen LogP contribution in [0.3, 0.4) is 0 Å². The molecule has 6 rings (SSSR count). The molecule has 10 heteroatoms. The van der Waals surface area contributed by atoms with Crippen LogP contribution in [0.2, 0.25) is 0 Å². The SMILES string of the molecule is CCOC(=O)C1=C(C)N=c2s/c(=C\c3ccc(-c4cccc(C(=O)OC)c4)o3)c(=O)n2C1c1c(OC)ccc2ccccc12. The number of hydrogen-bond donors (Lipinski definition) is 0. The van der Waals surface area contributed by atoms with Crippen molar-refractivity contribution in [3.8, 4) is 17.1 Å². The van der Waals surface area contributed by atoms with Crippen LogP contribution < -0.4 is 19.6 Å². The molecule has 3 heterocycles. The first-order valence-corrected chi connectivity index (χ1v) is 14.7. The van der Waals surface area contributed by atoms with E-state index < -0.39 is 18.0 Å². The highest BCUT2D eigenvalue weighted by atomic mass is 32.1. The molecule has 0 amide bonds. The minimum absolute atomic E-state index is 0.169. The summed E-state index contributed by atoms with van der Waals surface area (Å²) in [7, 11) is 2.89. The Balaban J connectivity index is 1.53. The third kappa shape index (κ3) is 5.03. The average Bonchev–Trinajstić information content (AvgIpc) is 3.63. The number of furan rings is 1. The Morgan fingerprint density at radius 1 is 1.02 bits per heavy atom. The molecule has 0 aliphatic carbocycles. The summed E-state index contributed by atoms with van der Waals surface area (Å²) in [5.74, 6) is 0.495. The maximum Gasteiger partial charge on any atom is 0.338 e. The number of allylic oxidation sites excluding steroid dienone is 1. The van der Waals surface area contributed by atoms with Crippen LogP contribution in [-0.2, 0) is 14.3 Å². The summed E-state index contributed by atoms with van der Waals surface area (Å²) in [6.45, 7) is 3.65. The normalized spacial score (nSPS) is 14.7. The molecular formula is C34H28N2O7S. The molecule has 0 radical (unpaired) electrons. The van der Waals surface area contributed by atoms with Gasteiger partial charge in [0.05, 0.1) is 42.2 Å². The van der Waals surface area contributed by atoms with Crippen molar-refractivity contribution < 1.29 is 28.2 Å². The molecule has 1 aliphatic heterocycles. The maximum atomic E-state index is 14.2. The Bertz CT molecular complexity index is 2150. The Hall–Kier alpha value is -5.22. The monoisotopic (exact) mass is 608 g/mol. The van der Waals surface area contributed by atoms with Gasteiger partial charge in [0.25, 0.3) is 5.56 Å². The second-order valence-electron chi connectivity index (χ2n) is 9.98. The molecule has 0 fully saturated rings. The largest absolute Gasteiger partial charge is 0.496 e. The van der Waals surface area contributed by atoms with Crippen molar-refractivity contribution in [2.75, 3.05) is 20.8 Å². The summed E-state index contributed by atoms with van der Waals surface area (Å²) in [5.41, 5.74) is 2.14. The molecule has 3 aromatic carbocycles. The topological polar surface area (TPSA) is 109 Å². The summed E-state index contributed by atoms with van der Waals surface area (Å²) in [6.07, 6.45) is 1.65. The van der Waals surface area contributed by atoms with Crippen LogP contribution in [0.4, 0.5) is 0 Å². The van der Waals surface area contributed by atoms with Crippen LogP contribution in [0.25, 0.3) is 28.2 Å². The van der Waals surface area contributed by atoms with Crippen LogP contribution >= 0.6 is 11.3 Å². The van der Waals surface area contributed by atoms with E-state index in [9.17, 15) is 14.4 Å². The van der Waals surface area contributed by atoms with Gasteiger partial charge >= 0.3 is 11.9 Å². The molecule has 0 N–H and O–H groups in total. The number of nitrogens with zero attached hydrogens (tertiary/aromatic N) is 2. The highest BCUT2D eigenvalue weighted by molar-refractivity contribution is 7.07. The van der Waals surface area contributed by atoms with Gasteiger partial charge in [-0.1, -0.05) is 53.8 Å². The number of hydrogen-bond acceptors (Lipinski definition) is 9. The van der Waals surface area contributed by atoms with Gasteiger partial charge in [-0.05, 0) is 55.0 Å². The molecule has 5 aromatic rings. The summed E-state index contributed by atoms with van der Waals surface area (Å²) < 4.78 is 24.0. The molecule has 222 valence electrons. The summed E-state index contributed by atoms with van der Waals surface area (Å²) in [4.78, 5) is 44.7. The van der Waals surface area contributed by atoms with E-state index in [-0.39, 0.29) is 17.7 Å². The molecule has 44 heavy (non-hydrogen) atoms. The second-order valence-corrected chi connectivity index (χ2v) is 11.0. The van der Waals surface area contributed by atoms with E-state index in [1.54, 1.807) is 57.4 Å². The highest BCUT2D eigenvalue weighted by Gasteiger charge is 2.36. The van der Waals surface area contributed by atoms with E-state index in [0.29, 0.717) is 49.0 Å². The minimum atomic E-state index is -0.846. The van der Waals surface area contributed by atoms with Crippen LogP contribution in [0.1, 0.15) is 41.6 Å². The predicted molar refractivity (Wildman–Crippen MR) is 166 cm³/mol. The van der Waals surface area contributed by atoms with Crippen LogP contribution in [0.15, 0.2) is 98.3 Å². The van der Waals surface area contributed by atoms with E-state index in [1.807, 2.05) is 42.5 Å². The first kappa shape index (κ1) is 28.9. The average molecular weight is 609 g/mol. The number of ether oxygens (including phenoxy) is 3. The molecule has 1 unspecified atom stereocenters. The van der Waals surface area contributed by atoms with Crippen molar-refractivity contribution in [1.82, 2.24) is 4.57 Å². The summed E-state index contributed by atoms with van der Waals surface area (Å²) in [5, 5.41) is 1.77. The lowest BCUT2D eigenvalue weighted by Crippen LogP contribution is -2.40. The number of carbonyl (C=O) groups is 2. The quantitative estimate of drug-likeness (QED) is 0.239. The smallest absolute Gasteiger partial charge is 0.338 e. The Morgan fingerprint density at radius 3 is 2.61 bits per heavy atom. The minimum Gasteiger partial charge on any atom is -0.496 e. The van der Waals surface area contributed by atoms with Crippen molar-refractivity contribution in [2.45, 2.75) is 19.9 Å². The number of fused-ring (bicyclic) bond motifs is 2. The fourth-order valence-corrected chi connectivity index (χ4v) is 6.46. The van der Waals surface area contributed by atoms with E-state index in [1.165, 1.54) is 23.0 Å². The molecule has 0 bridgehead atoms. The fraction of sp³-hybridized carbons (Fsp3) is 0.176. The van der Waals surface area contributed by atoms with Crippen molar-refractivity contribution >= 4 is 40.1 Å². The van der Waals surface area contributed by atoms with Crippen LogP contribution in [-0.4, -0.2) is 37.3 Å². The fourth-order valence-electron chi connectivity index (χ4n) is 5.43. The van der Waals surface area contributed by atoms with E-state index in [2.05, 4.69) is 4.99 Å². The van der Waals surface area contributed by atoms with Gasteiger partial charge in [0.1, 0.15) is 23.3 Å². The van der Waals surface area contributed by atoms with Crippen molar-refractivity contribution in [2.24, 2.45) is 4.99 Å². The Labute approximate surface area is 255 Å². The van der Waals surface area contributed by atoms with E-state index >= 15 is 0 Å². The van der Waals surface area contributed by atoms with Gasteiger partial charge in [0.15, 0.2) is 4.80 Å². The van der Waals surface area contributed by atoms with Gasteiger partial charge < -0.3 is 18.6 Å². The number of thiazole rings is 1. The van der Waals surface area contributed by atoms with Gasteiger partial charge in [-0.3, -0.25) is 9.36 Å². The summed E-state index contributed by atoms with van der Waals surface area (Å²) in [6, 6.07) is 21.1. The van der Waals surface area contributed by atoms with Crippen molar-refractivity contribution in [3.05, 3.63) is 121 Å². The number of benzene rings is 3. The number of rotatable bonds is 7. The van der Waals surface area contributed by atoms with E-state index in [4.69, 9.17) is 18.6 Å². The number of esters is 2. The number of carbonyl (C=O) groups excluding carboxylic acids is 2. The Morgan fingerprint density at radius 2 is 1.84 bits per heavy atom. The van der Waals surface area contributed by atoms with Crippen LogP contribution in [0, 0.1) is 0 Å². The van der Waals surface area contributed by atoms with E-state index in [0.717, 1.165) is 10.8 Å². The first-order valence-electron chi connectivity index (χ1n) is 13.9. The first-order chi connectivity index (χ1) is 21.3. The zero-order chi connectivity index (χ0) is 31.0. The van der Waals surface area contributed by atoms with Gasteiger partial charge in [0.2, 0.25) is 0 Å². The van der Waals surface area contributed by atoms with Crippen molar-refractivity contribution in [3.63, 3.8) is 0 Å². The molecular weight excluding hydrogens is 580 g/mol. The lowest BCUT2D eigenvalue weighted by Gasteiger charge is -2.27. The molecule has 1 atom stereocenters. The summed E-state index contributed by atoms with van der Waals surface area (Å²) >= 11 is 1.20. The Kier molecular flexibility index (Phi) is 7.75. The zero-order valence-electron chi connectivity index (χ0n) is 24.5. The van der Waals surface area contributed by atoms with Gasteiger partial charge in [-0.2, -0.15) is 0 Å². The molecule has 9 nitrogen and oxygen atoms in total. The van der Waals surface area contributed by atoms with Gasteiger partial charge in [-0.15, -0.1) is 0 Å². The number of methoxy groups -OCH3 is 2. The van der Waals surface area contributed by atoms with Gasteiger partial charge in [-0.25, -0.2) is 14.6 Å². The maximum absolute atomic E-state index is 14.2. The van der Waals surface area contributed by atoms with Crippen LogP contribution in [0.5, 0.6) is 5.75 Å². The molecule has 0 spiro atoms. The van der Waals surface area contributed by atoms with Crippen molar-refractivity contribution in [1.29, 1.82) is 0 Å². The lowest BCUT2D eigenvalue weighted by atomic mass is 9.90. The number of aromatic nitrogens is 1. The second kappa shape index (κ2) is 11.8. The van der Waals surface area contributed by atoms with Gasteiger partial charge in [0, 0.05) is 17.2 Å². The standard InChI is InChI=1S/C34H28N2O7S/c1-5-42-33(39)28-19(2)35-34-36(30(28)29-24-12-7-6-9-20(24)13-15-26(29)40-3)31(37)27(44-34)18-23-14-16-25(43-23)21-10-8-11-22(17-21)32(38)41-4/h6-18,30H,5H2,1-4H3/b27-18-. The molecule has 1 aliphatic rings.